The number of aromatic nitrogens is 3. The Morgan fingerprint density at radius 3 is 2.44 bits per heavy atom. The van der Waals surface area contributed by atoms with Gasteiger partial charge in [0.05, 0.1) is 7.11 Å². The van der Waals surface area contributed by atoms with Crippen LogP contribution >= 0.6 is 0 Å². The molecule has 0 aliphatic heterocycles. The van der Waals surface area contributed by atoms with Gasteiger partial charge in [0.2, 0.25) is 5.95 Å². The van der Waals surface area contributed by atoms with E-state index in [1.165, 1.54) is 0 Å². The van der Waals surface area contributed by atoms with Crippen molar-refractivity contribution in [3.63, 3.8) is 0 Å². The summed E-state index contributed by atoms with van der Waals surface area (Å²) < 4.78 is 6.03. The zero-order valence-electron chi connectivity index (χ0n) is 13.6. The van der Waals surface area contributed by atoms with E-state index < -0.39 is 5.56 Å². The molecule has 2 aromatic carbocycles. The first kappa shape index (κ1) is 16.3. The highest BCUT2D eigenvalue weighted by Gasteiger charge is 2.08. The van der Waals surface area contributed by atoms with Crippen LogP contribution in [-0.2, 0) is 0 Å². The van der Waals surface area contributed by atoms with Gasteiger partial charge in [0, 0.05) is 5.69 Å². The van der Waals surface area contributed by atoms with E-state index in [9.17, 15) is 4.79 Å². The minimum absolute atomic E-state index is 0.145. The van der Waals surface area contributed by atoms with Gasteiger partial charge in [-0.2, -0.15) is 4.68 Å². The lowest BCUT2D eigenvalue weighted by atomic mass is 10.2. The predicted octanol–water partition coefficient (Wildman–Crippen LogP) is 2.27. The van der Waals surface area contributed by atoms with Gasteiger partial charge >= 0.3 is 0 Å². The second-order valence-electron chi connectivity index (χ2n) is 5.18. The molecule has 25 heavy (non-hydrogen) atoms. The largest absolute Gasteiger partial charge is 0.497 e. The summed E-state index contributed by atoms with van der Waals surface area (Å²) in [5.74, 6) is 6.71. The quantitative estimate of drug-likeness (QED) is 0.695. The Morgan fingerprint density at radius 1 is 1.04 bits per heavy atom. The van der Waals surface area contributed by atoms with Crippen LogP contribution in [0.5, 0.6) is 5.75 Å². The Balaban J connectivity index is 1.82. The van der Waals surface area contributed by atoms with Crippen LogP contribution in [0.4, 0.5) is 11.6 Å². The molecule has 0 fully saturated rings. The number of hydrogen-bond acceptors (Lipinski definition) is 6. The standard InChI is InChI=1S/C18H17N5O2/c1-25-15-10-8-14(9-11-15)20-18-22-21-16(17(24)23(18)19)12-7-13-5-3-2-4-6-13/h2-12H,19H2,1H3,(H,20,22)/b12-7+. The van der Waals surface area contributed by atoms with Crippen LogP contribution in [0.15, 0.2) is 59.4 Å². The molecule has 1 aromatic heterocycles. The van der Waals surface area contributed by atoms with Crippen LogP contribution in [0.25, 0.3) is 12.2 Å². The lowest BCUT2D eigenvalue weighted by molar-refractivity contribution is 0.415. The van der Waals surface area contributed by atoms with E-state index in [1.807, 2.05) is 30.3 Å². The molecule has 0 aliphatic carbocycles. The molecule has 0 bridgehead atoms. The summed E-state index contributed by atoms with van der Waals surface area (Å²) in [5.41, 5.74) is 1.37. The Labute approximate surface area is 144 Å². The van der Waals surface area contributed by atoms with Gasteiger partial charge < -0.3 is 15.9 Å². The smallest absolute Gasteiger partial charge is 0.299 e. The summed E-state index contributed by atoms with van der Waals surface area (Å²) in [6, 6.07) is 16.7. The maximum absolute atomic E-state index is 12.3. The molecule has 0 saturated carbocycles. The van der Waals surface area contributed by atoms with Crippen LogP contribution < -0.4 is 21.5 Å². The highest BCUT2D eigenvalue weighted by molar-refractivity contribution is 5.67. The van der Waals surface area contributed by atoms with Crippen molar-refractivity contribution in [2.45, 2.75) is 0 Å². The van der Waals surface area contributed by atoms with E-state index in [-0.39, 0.29) is 11.6 Å². The molecule has 3 rings (SSSR count). The van der Waals surface area contributed by atoms with Gasteiger partial charge in [-0.3, -0.25) is 4.79 Å². The second kappa shape index (κ2) is 7.31. The number of anilines is 2. The molecule has 3 N–H and O–H groups in total. The summed E-state index contributed by atoms with van der Waals surface area (Å²) in [6.45, 7) is 0. The number of ether oxygens (including phenoxy) is 1. The van der Waals surface area contributed by atoms with Gasteiger partial charge in [-0.15, -0.1) is 10.2 Å². The van der Waals surface area contributed by atoms with Crippen molar-refractivity contribution < 1.29 is 4.74 Å². The Morgan fingerprint density at radius 2 is 1.76 bits per heavy atom. The number of rotatable bonds is 5. The zero-order valence-corrected chi connectivity index (χ0v) is 13.6. The summed E-state index contributed by atoms with van der Waals surface area (Å²) in [6.07, 6.45) is 3.37. The third-order valence-electron chi connectivity index (χ3n) is 3.50. The van der Waals surface area contributed by atoms with Crippen LogP contribution in [0.3, 0.4) is 0 Å². The minimum atomic E-state index is -0.446. The van der Waals surface area contributed by atoms with E-state index >= 15 is 0 Å². The van der Waals surface area contributed by atoms with Crippen molar-refractivity contribution in [1.82, 2.24) is 14.9 Å². The predicted molar refractivity (Wildman–Crippen MR) is 98.1 cm³/mol. The van der Waals surface area contributed by atoms with Crippen molar-refractivity contribution >= 4 is 23.8 Å². The van der Waals surface area contributed by atoms with E-state index in [0.29, 0.717) is 5.69 Å². The average molecular weight is 335 g/mol. The van der Waals surface area contributed by atoms with Gasteiger partial charge in [0.15, 0.2) is 5.69 Å². The molecule has 0 radical (unpaired) electrons. The molecule has 0 saturated heterocycles. The van der Waals surface area contributed by atoms with Gasteiger partial charge in [-0.25, -0.2) is 0 Å². The van der Waals surface area contributed by atoms with Gasteiger partial charge in [0.25, 0.3) is 5.56 Å². The summed E-state index contributed by atoms with van der Waals surface area (Å²) >= 11 is 0. The highest BCUT2D eigenvalue weighted by atomic mass is 16.5. The zero-order chi connectivity index (χ0) is 17.6. The number of nitrogens with one attached hydrogen (secondary N) is 1. The summed E-state index contributed by atoms with van der Waals surface area (Å²) in [7, 11) is 1.59. The van der Waals surface area contributed by atoms with E-state index in [4.69, 9.17) is 10.6 Å². The molecule has 0 spiro atoms. The average Bonchev–Trinajstić information content (AvgIpc) is 2.66. The first-order valence-corrected chi connectivity index (χ1v) is 7.56. The molecule has 1 heterocycles. The fourth-order valence-electron chi connectivity index (χ4n) is 2.14. The number of methoxy groups -OCH3 is 1. The summed E-state index contributed by atoms with van der Waals surface area (Å²) in [5, 5.41) is 10.9. The monoisotopic (exact) mass is 335 g/mol. The fraction of sp³-hybridized carbons (Fsp3) is 0.0556. The van der Waals surface area contributed by atoms with Crippen LogP contribution in [0.2, 0.25) is 0 Å². The molecule has 7 heteroatoms. The first-order valence-electron chi connectivity index (χ1n) is 7.56. The van der Waals surface area contributed by atoms with E-state index in [0.717, 1.165) is 16.0 Å². The maximum atomic E-state index is 12.3. The number of hydrogen-bond donors (Lipinski definition) is 2. The topological polar surface area (TPSA) is 95.1 Å². The molecular formula is C18H17N5O2. The lowest BCUT2D eigenvalue weighted by Crippen LogP contribution is -2.32. The first-order chi connectivity index (χ1) is 12.2. The number of benzene rings is 2. The van der Waals surface area contributed by atoms with Crippen LogP contribution in [0, 0.1) is 0 Å². The third-order valence-corrected chi connectivity index (χ3v) is 3.50. The molecule has 126 valence electrons. The Kier molecular flexibility index (Phi) is 4.75. The Hall–Kier alpha value is -3.61. The number of nitrogens with zero attached hydrogens (tertiary/aromatic N) is 3. The normalized spacial score (nSPS) is 10.8. The maximum Gasteiger partial charge on any atom is 0.299 e. The van der Waals surface area contributed by atoms with Gasteiger partial charge in [-0.1, -0.05) is 36.4 Å². The van der Waals surface area contributed by atoms with Gasteiger partial charge in [0.1, 0.15) is 5.75 Å². The van der Waals surface area contributed by atoms with E-state index in [1.54, 1.807) is 43.5 Å². The summed E-state index contributed by atoms with van der Waals surface area (Å²) in [4.78, 5) is 12.3. The number of nitrogen functional groups attached to an aromatic ring is 1. The highest BCUT2D eigenvalue weighted by Crippen LogP contribution is 2.17. The molecule has 0 amide bonds. The third kappa shape index (κ3) is 3.84. The Bertz CT molecular complexity index is 934. The lowest BCUT2D eigenvalue weighted by Gasteiger charge is -2.09. The number of nitrogens with two attached hydrogens (primary N) is 1. The molecule has 0 unspecified atom stereocenters. The molecule has 0 atom stereocenters. The molecule has 0 aliphatic rings. The fourth-order valence-corrected chi connectivity index (χ4v) is 2.14. The van der Waals surface area contributed by atoms with Gasteiger partial charge in [-0.05, 0) is 35.9 Å². The molecular weight excluding hydrogens is 318 g/mol. The van der Waals surface area contributed by atoms with Crippen LogP contribution in [-0.4, -0.2) is 22.0 Å². The minimum Gasteiger partial charge on any atom is -0.497 e. The van der Waals surface area contributed by atoms with Crippen molar-refractivity contribution in [2.75, 3.05) is 18.3 Å². The van der Waals surface area contributed by atoms with E-state index in [2.05, 4.69) is 15.5 Å². The molecule has 3 aromatic rings. The van der Waals surface area contributed by atoms with Crippen molar-refractivity contribution in [2.24, 2.45) is 0 Å². The second-order valence-corrected chi connectivity index (χ2v) is 5.18. The molecule has 7 nitrogen and oxygen atoms in total. The van der Waals surface area contributed by atoms with Crippen molar-refractivity contribution in [3.05, 3.63) is 76.2 Å². The van der Waals surface area contributed by atoms with Crippen LogP contribution in [0.1, 0.15) is 11.3 Å². The van der Waals surface area contributed by atoms with Crippen molar-refractivity contribution in [3.8, 4) is 5.75 Å². The SMILES string of the molecule is COc1ccc(Nc2nnc(/C=C/c3ccccc3)c(=O)n2N)cc1. The van der Waals surface area contributed by atoms with Crippen molar-refractivity contribution in [1.29, 1.82) is 0 Å².